The van der Waals surface area contributed by atoms with Gasteiger partial charge in [0.2, 0.25) is 11.7 Å². The number of aromatic amines is 1. The summed E-state index contributed by atoms with van der Waals surface area (Å²) in [5.74, 6) is 1.83. The molecule has 0 aliphatic carbocycles. The Bertz CT molecular complexity index is 475. The van der Waals surface area contributed by atoms with Crippen LogP contribution in [0.3, 0.4) is 0 Å². The molecule has 7 nitrogen and oxygen atoms in total. The zero-order valence-corrected chi connectivity index (χ0v) is 7.80. The lowest BCUT2D eigenvalue weighted by Crippen LogP contribution is -2.17. The Labute approximate surface area is 84.8 Å². The number of hydrogen-bond acceptors (Lipinski definition) is 5. The Morgan fingerprint density at radius 2 is 2.27 bits per heavy atom. The van der Waals surface area contributed by atoms with Gasteiger partial charge in [-0.3, -0.25) is 0 Å². The topological polar surface area (TPSA) is 91.0 Å². The Morgan fingerprint density at radius 3 is 3.07 bits per heavy atom. The summed E-state index contributed by atoms with van der Waals surface area (Å²) in [6.45, 7) is 0.972. The fourth-order valence-electron chi connectivity index (χ4n) is 1.47. The molecule has 0 amide bonds. The standard InChI is InChI=1S/C8H9N5O2/c9-6-5-7(15-4-3-14-5)13(12-6)8-10-1-2-11-8/h1-2H,3-4H2,(H2,9,12)(H,10,11). The molecule has 0 saturated heterocycles. The van der Waals surface area contributed by atoms with Gasteiger partial charge in [0.1, 0.15) is 13.2 Å². The monoisotopic (exact) mass is 207 g/mol. The lowest BCUT2D eigenvalue weighted by atomic mass is 10.5. The number of nitrogen functional groups attached to an aromatic ring is 1. The molecule has 7 heteroatoms. The Morgan fingerprint density at radius 1 is 1.40 bits per heavy atom. The molecule has 0 bridgehead atoms. The normalized spacial score (nSPS) is 14.1. The first-order valence-corrected chi connectivity index (χ1v) is 4.50. The number of nitrogens with one attached hydrogen (secondary N) is 1. The fourth-order valence-corrected chi connectivity index (χ4v) is 1.47. The van der Waals surface area contributed by atoms with Crippen molar-refractivity contribution < 1.29 is 9.47 Å². The lowest BCUT2D eigenvalue weighted by Gasteiger charge is -2.15. The van der Waals surface area contributed by atoms with Gasteiger partial charge in [0.05, 0.1) is 0 Å². The van der Waals surface area contributed by atoms with Crippen LogP contribution in [0, 0.1) is 0 Å². The van der Waals surface area contributed by atoms with Crippen molar-refractivity contribution in [2.75, 3.05) is 18.9 Å². The zero-order chi connectivity index (χ0) is 10.3. The smallest absolute Gasteiger partial charge is 0.265 e. The van der Waals surface area contributed by atoms with Crippen LogP contribution in [0.5, 0.6) is 11.6 Å². The summed E-state index contributed by atoms with van der Waals surface area (Å²) in [6.07, 6.45) is 3.33. The van der Waals surface area contributed by atoms with E-state index in [-0.39, 0.29) is 0 Å². The summed E-state index contributed by atoms with van der Waals surface area (Å²) in [6, 6.07) is 0. The highest BCUT2D eigenvalue weighted by Crippen LogP contribution is 2.36. The largest absolute Gasteiger partial charge is 0.482 e. The van der Waals surface area contributed by atoms with Crippen LogP contribution in [-0.4, -0.2) is 33.0 Å². The molecule has 2 aromatic rings. The predicted molar refractivity (Wildman–Crippen MR) is 51.1 cm³/mol. The molecular formula is C8H9N5O2. The van der Waals surface area contributed by atoms with Crippen LogP contribution in [0.1, 0.15) is 0 Å². The molecule has 0 aromatic carbocycles. The Balaban J connectivity index is 2.16. The van der Waals surface area contributed by atoms with E-state index in [2.05, 4.69) is 15.1 Å². The molecule has 0 unspecified atom stereocenters. The number of fused-ring (bicyclic) bond motifs is 1. The van der Waals surface area contributed by atoms with E-state index in [9.17, 15) is 0 Å². The molecule has 1 aliphatic heterocycles. The average molecular weight is 207 g/mol. The van der Waals surface area contributed by atoms with Crippen molar-refractivity contribution in [2.45, 2.75) is 0 Å². The van der Waals surface area contributed by atoms with Crippen molar-refractivity contribution in [1.82, 2.24) is 19.7 Å². The van der Waals surface area contributed by atoms with E-state index in [0.29, 0.717) is 36.6 Å². The number of hydrogen-bond donors (Lipinski definition) is 2. The first kappa shape index (κ1) is 8.16. The van der Waals surface area contributed by atoms with Gasteiger partial charge >= 0.3 is 0 Å². The first-order valence-electron chi connectivity index (χ1n) is 4.50. The van der Waals surface area contributed by atoms with E-state index in [1.807, 2.05) is 0 Å². The summed E-state index contributed by atoms with van der Waals surface area (Å²) < 4.78 is 12.3. The molecule has 78 valence electrons. The minimum absolute atomic E-state index is 0.307. The van der Waals surface area contributed by atoms with Crippen molar-refractivity contribution in [3.8, 4) is 17.6 Å². The third-order valence-electron chi connectivity index (χ3n) is 2.08. The molecular weight excluding hydrogens is 198 g/mol. The first-order chi connectivity index (χ1) is 7.36. The average Bonchev–Trinajstić information content (AvgIpc) is 2.87. The second kappa shape index (κ2) is 2.91. The SMILES string of the molecule is Nc1nn(-c2ncc[nH]2)c2c1OCCO2. The van der Waals surface area contributed by atoms with E-state index in [1.54, 1.807) is 12.4 Å². The minimum Gasteiger partial charge on any atom is -0.482 e. The third kappa shape index (κ3) is 1.13. The quantitative estimate of drug-likeness (QED) is 0.684. The van der Waals surface area contributed by atoms with Gasteiger partial charge in [-0.1, -0.05) is 0 Å². The molecule has 0 radical (unpaired) electrons. The number of aromatic nitrogens is 4. The van der Waals surface area contributed by atoms with Crippen LogP contribution in [0.15, 0.2) is 12.4 Å². The van der Waals surface area contributed by atoms with Crippen molar-refractivity contribution >= 4 is 5.82 Å². The summed E-state index contributed by atoms with van der Waals surface area (Å²) in [4.78, 5) is 6.98. The molecule has 2 aromatic heterocycles. The number of H-pyrrole nitrogens is 1. The maximum atomic E-state index is 5.69. The molecule has 0 atom stereocenters. The van der Waals surface area contributed by atoms with Crippen LogP contribution < -0.4 is 15.2 Å². The predicted octanol–water partition coefficient (Wildman–Crippen LogP) is -0.0512. The summed E-state index contributed by atoms with van der Waals surface area (Å²) in [5, 5.41) is 4.09. The van der Waals surface area contributed by atoms with Crippen molar-refractivity contribution in [3.05, 3.63) is 12.4 Å². The van der Waals surface area contributed by atoms with Crippen molar-refractivity contribution in [3.63, 3.8) is 0 Å². The van der Waals surface area contributed by atoms with Crippen molar-refractivity contribution in [1.29, 1.82) is 0 Å². The fraction of sp³-hybridized carbons (Fsp3) is 0.250. The van der Waals surface area contributed by atoms with E-state index in [1.165, 1.54) is 4.68 Å². The molecule has 0 spiro atoms. The van der Waals surface area contributed by atoms with Crippen LogP contribution in [0.25, 0.3) is 5.95 Å². The molecule has 3 rings (SSSR count). The maximum Gasteiger partial charge on any atom is 0.265 e. The van der Waals surface area contributed by atoms with E-state index in [4.69, 9.17) is 15.2 Å². The number of nitrogens with zero attached hydrogens (tertiary/aromatic N) is 3. The van der Waals surface area contributed by atoms with E-state index < -0.39 is 0 Å². The highest BCUT2D eigenvalue weighted by atomic mass is 16.6. The molecule has 0 fully saturated rings. The van der Waals surface area contributed by atoms with Gasteiger partial charge in [-0.05, 0) is 0 Å². The second-order valence-electron chi connectivity index (χ2n) is 3.04. The number of ether oxygens (including phenoxy) is 2. The summed E-state index contributed by atoms with van der Waals surface area (Å²) >= 11 is 0. The highest BCUT2D eigenvalue weighted by molar-refractivity contribution is 5.55. The lowest BCUT2D eigenvalue weighted by molar-refractivity contribution is 0.164. The molecule has 0 saturated carbocycles. The van der Waals surface area contributed by atoms with Gasteiger partial charge in [-0.25, -0.2) is 4.98 Å². The Hall–Kier alpha value is -2.18. The molecule has 3 heterocycles. The molecule has 1 aliphatic rings. The number of anilines is 1. The van der Waals surface area contributed by atoms with Crippen LogP contribution in [-0.2, 0) is 0 Å². The number of imidazole rings is 1. The third-order valence-corrected chi connectivity index (χ3v) is 2.08. The van der Waals surface area contributed by atoms with E-state index in [0.717, 1.165) is 0 Å². The van der Waals surface area contributed by atoms with Gasteiger partial charge in [0.15, 0.2) is 5.82 Å². The van der Waals surface area contributed by atoms with Gasteiger partial charge < -0.3 is 20.2 Å². The summed E-state index contributed by atoms with van der Waals surface area (Å²) in [7, 11) is 0. The Kier molecular flexibility index (Phi) is 1.58. The van der Waals surface area contributed by atoms with Crippen molar-refractivity contribution in [2.24, 2.45) is 0 Å². The minimum atomic E-state index is 0.307. The van der Waals surface area contributed by atoms with E-state index >= 15 is 0 Å². The van der Waals surface area contributed by atoms with Crippen LogP contribution in [0.4, 0.5) is 5.82 Å². The second-order valence-corrected chi connectivity index (χ2v) is 3.04. The number of rotatable bonds is 1. The number of nitrogens with two attached hydrogens (primary N) is 1. The van der Waals surface area contributed by atoms with Gasteiger partial charge in [-0.2, -0.15) is 4.68 Å². The highest BCUT2D eigenvalue weighted by Gasteiger charge is 2.24. The zero-order valence-electron chi connectivity index (χ0n) is 7.80. The van der Waals surface area contributed by atoms with Crippen LogP contribution in [0.2, 0.25) is 0 Å². The molecule has 3 N–H and O–H groups in total. The van der Waals surface area contributed by atoms with Gasteiger partial charge in [0.25, 0.3) is 5.88 Å². The molecule has 15 heavy (non-hydrogen) atoms. The summed E-state index contributed by atoms with van der Waals surface area (Å²) in [5.41, 5.74) is 5.69. The van der Waals surface area contributed by atoms with Crippen LogP contribution >= 0.6 is 0 Å². The van der Waals surface area contributed by atoms with Gasteiger partial charge in [0, 0.05) is 12.4 Å². The maximum absolute atomic E-state index is 5.69. The van der Waals surface area contributed by atoms with Gasteiger partial charge in [-0.15, -0.1) is 5.10 Å².